The molecule has 34 heavy (non-hydrogen) atoms. The zero-order valence-corrected chi connectivity index (χ0v) is 19.6. The molecule has 0 amide bonds. The number of β-amino-alcohol motifs (C(OH)–C–C–N with tert-alkyl or cyclic N) is 1. The second kappa shape index (κ2) is 10.1. The molecular formula is C28H32F3NO2. The Balaban J connectivity index is 1.31. The van der Waals surface area contributed by atoms with Crippen molar-refractivity contribution in [3.8, 4) is 0 Å². The maximum atomic E-state index is 13.1. The molecule has 3 aromatic carbocycles. The number of fused-ring (bicyclic) bond motifs is 1. The highest BCUT2D eigenvalue weighted by Crippen LogP contribution is 2.44. The number of aliphatic hydroxyl groups excluding tert-OH is 1. The van der Waals surface area contributed by atoms with E-state index in [1.165, 1.54) is 28.5 Å². The van der Waals surface area contributed by atoms with Gasteiger partial charge in [0.2, 0.25) is 0 Å². The summed E-state index contributed by atoms with van der Waals surface area (Å²) in [6, 6.07) is 20.0. The van der Waals surface area contributed by atoms with Gasteiger partial charge in [-0.15, -0.1) is 0 Å². The van der Waals surface area contributed by atoms with E-state index in [2.05, 4.69) is 49.5 Å². The van der Waals surface area contributed by atoms with Crippen LogP contribution in [-0.4, -0.2) is 29.9 Å². The van der Waals surface area contributed by atoms with Crippen molar-refractivity contribution in [1.29, 1.82) is 0 Å². The number of hydrogen-bond donors (Lipinski definition) is 2. The lowest BCUT2D eigenvalue weighted by Crippen LogP contribution is -2.46. The fourth-order valence-electron chi connectivity index (χ4n) is 4.38. The van der Waals surface area contributed by atoms with Crippen LogP contribution >= 0.6 is 0 Å². The van der Waals surface area contributed by atoms with Crippen LogP contribution in [0.1, 0.15) is 49.5 Å². The molecule has 1 fully saturated rings. The van der Waals surface area contributed by atoms with Gasteiger partial charge in [0.05, 0.1) is 24.4 Å². The van der Waals surface area contributed by atoms with Crippen LogP contribution in [0.2, 0.25) is 0 Å². The van der Waals surface area contributed by atoms with Gasteiger partial charge in [-0.05, 0) is 73.1 Å². The maximum absolute atomic E-state index is 13.1. The maximum Gasteiger partial charge on any atom is 0.416 e. The molecule has 2 atom stereocenters. The summed E-state index contributed by atoms with van der Waals surface area (Å²) in [6.07, 6.45) is -2.93. The largest absolute Gasteiger partial charge is 0.416 e. The average Bonchev–Trinajstić information content (AvgIpc) is 3.62. The summed E-state index contributed by atoms with van der Waals surface area (Å²) >= 11 is 0. The van der Waals surface area contributed by atoms with E-state index in [1.54, 1.807) is 6.07 Å². The topological polar surface area (TPSA) is 41.5 Å². The van der Waals surface area contributed by atoms with Gasteiger partial charge in [0.25, 0.3) is 0 Å². The van der Waals surface area contributed by atoms with Crippen molar-refractivity contribution in [2.24, 2.45) is 5.92 Å². The number of halogens is 3. The second-order valence-electron chi connectivity index (χ2n) is 9.99. The number of nitrogens with one attached hydrogen (secondary N) is 1. The summed E-state index contributed by atoms with van der Waals surface area (Å²) in [5, 5.41) is 16.4. The minimum absolute atomic E-state index is 0.0659. The summed E-state index contributed by atoms with van der Waals surface area (Å²) in [5.74, 6) is 0.202. The monoisotopic (exact) mass is 471 g/mol. The third-order valence-corrected chi connectivity index (χ3v) is 6.34. The summed E-state index contributed by atoms with van der Waals surface area (Å²) in [5.41, 5.74) is 0.812. The Bertz CT molecular complexity index is 1110. The molecular weight excluding hydrogens is 439 g/mol. The van der Waals surface area contributed by atoms with Crippen LogP contribution in [0.3, 0.4) is 0 Å². The second-order valence-corrected chi connectivity index (χ2v) is 9.99. The molecule has 0 bridgehead atoms. The number of aliphatic hydroxyl groups is 1. The van der Waals surface area contributed by atoms with Gasteiger partial charge in [-0.25, -0.2) is 0 Å². The standard InChI is InChI=1S/C28H32F3NO2/c1-27(2,16-19-10-11-20-6-3-4-7-22(20)14-19)32-17-25(33)18-34-26(21-12-13-21)23-8-5-9-24(15-23)28(29,30)31/h3-11,14-15,21,25-26,32-33H,12-13,16-18H2,1-2H3/t25-,26?/m1/s1. The van der Waals surface area contributed by atoms with E-state index in [0.717, 1.165) is 25.3 Å². The lowest BCUT2D eigenvalue weighted by atomic mass is 9.93. The highest BCUT2D eigenvalue weighted by atomic mass is 19.4. The van der Waals surface area contributed by atoms with Gasteiger partial charge < -0.3 is 15.2 Å². The molecule has 3 aromatic rings. The van der Waals surface area contributed by atoms with Crippen LogP contribution in [0, 0.1) is 5.92 Å². The number of ether oxygens (including phenoxy) is 1. The first-order valence-electron chi connectivity index (χ1n) is 11.8. The van der Waals surface area contributed by atoms with Gasteiger partial charge in [-0.3, -0.25) is 0 Å². The number of rotatable bonds is 10. The van der Waals surface area contributed by atoms with Crippen molar-refractivity contribution in [2.75, 3.05) is 13.2 Å². The quantitative estimate of drug-likeness (QED) is 0.365. The Morgan fingerprint density at radius 3 is 2.41 bits per heavy atom. The van der Waals surface area contributed by atoms with Gasteiger partial charge in [0.15, 0.2) is 0 Å². The summed E-state index contributed by atoms with van der Waals surface area (Å²) < 4.78 is 45.3. The number of alkyl halides is 3. The van der Waals surface area contributed by atoms with Crippen LogP contribution in [0.15, 0.2) is 66.7 Å². The highest BCUT2D eigenvalue weighted by molar-refractivity contribution is 5.83. The molecule has 1 aliphatic carbocycles. The fraction of sp³-hybridized carbons (Fsp3) is 0.429. The summed E-state index contributed by atoms with van der Waals surface area (Å²) in [7, 11) is 0. The van der Waals surface area contributed by atoms with Gasteiger partial charge >= 0.3 is 6.18 Å². The summed E-state index contributed by atoms with van der Waals surface area (Å²) in [6.45, 7) is 4.58. The fourth-order valence-corrected chi connectivity index (χ4v) is 4.38. The third-order valence-electron chi connectivity index (χ3n) is 6.34. The van der Waals surface area contributed by atoms with Crippen LogP contribution < -0.4 is 5.32 Å². The van der Waals surface area contributed by atoms with Crippen molar-refractivity contribution >= 4 is 10.8 Å². The third kappa shape index (κ3) is 6.59. The first-order valence-corrected chi connectivity index (χ1v) is 11.8. The molecule has 0 saturated heterocycles. The lowest BCUT2D eigenvalue weighted by molar-refractivity contribution is -0.137. The van der Waals surface area contributed by atoms with Crippen LogP contribution in [0.25, 0.3) is 10.8 Å². The minimum atomic E-state index is -4.38. The molecule has 0 aliphatic heterocycles. The smallest absolute Gasteiger partial charge is 0.389 e. The zero-order valence-electron chi connectivity index (χ0n) is 19.6. The summed E-state index contributed by atoms with van der Waals surface area (Å²) in [4.78, 5) is 0. The first-order chi connectivity index (χ1) is 16.1. The molecule has 0 heterocycles. The number of benzene rings is 3. The normalized spacial score (nSPS) is 16.5. The minimum Gasteiger partial charge on any atom is -0.389 e. The van der Waals surface area contributed by atoms with Crippen molar-refractivity contribution in [2.45, 2.75) is 57.0 Å². The Morgan fingerprint density at radius 1 is 0.971 bits per heavy atom. The van der Waals surface area contributed by atoms with E-state index in [0.29, 0.717) is 12.1 Å². The van der Waals surface area contributed by atoms with E-state index in [-0.39, 0.29) is 18.1 Å². The number of hydrogen-bond acceptors (Lipinski definition) is 3. The van der Waals surface area contributed by atoms with Crippen LogP contribution in [0.5, 0.6) is 0 Å². The van der Waals surface area contributed by atoms with Gasteiger partial charge in [0.1, 0.15) is 0 Å². The Hall–Kier alpha value is -2.41. The molecule has 0 radical (unpaired) electrons. The van der Waals surface area contributed by atoms with E-state index in [4.69, 9.17) is 4.74 Å². The van der Waals surface area contributed by atoms with Crippen molar-refractivity contribution in [3.05, 3.63) is 83.4 Å². The van der Waals surface area contributed by atoms with Crippen molar-refractivity contribution in [1.82, 2.24) is 5.32 Å². The van der Waals surface area contributed by atoms with E-state index in [1.807, 2.05) is 12.1 Å². The lowest BCUT2D eigenvalue weighted by Gasteiger charge is -2.29. The Morgan fingerprint density at radius 2 is 1.71 bits per heavy atom. The van der Waals surface area contributed by atoms with Crippen LogP contribution in [-0.2, 0) is 17.3 Å². The first kappa shape index (κ1) is 24.7. The van der Waals surface area contributed by atoms with E-state index in [9.17, 15) is 18.3 Å². The average molecular weight is 472 g/mol. The van der Waals surface area contributed by atoms with Gasteiger partial charge in [-0.2, -0.15) is 13.2 Å². The molecule has 4 rings (SSSR count). The molecule has 1 saturated carbocycles. The van der Waals surface area contributed by atoms with Crippen molar-refractivity contribution in [3.63, 3.8) is 0 Å². The SMILES string of the molecule is CC(C)(Cc1ccc2ccccc2c1)NC[C@@H](O)COC(c1cccc(C(F)(F)F)c1)C1CC1. The van der Waals surface area contributed by atoms with Gasteiger partial charge in [-0.1, -0.05) is 54.6 Å². The molecule has 3 nitrogen and oxygen atoms in total. The highest BCUT2D eigenvalue weighted by Gasteiger charge is 2.36. The predicted octanol–water partition coefficient (Wildman–Crippen LogP) is 6.30. The molecule has 2 N–H and O–H groups in total. The molecule has 0 spiro atoms. The Labute approximate surface area is 198 Å². The van der Waals surface area contributed by atoms with Crippen molar-refractivity contribution < 1.29 is 23.0 Å². The molecule has 182 valence electrons. The molecule has 0 aromatic heterocycles. The Kier molecular flexibility index (Phi) is 7.31. The molecule has 1 aliphatic rings. The van der Waals surface area contributed by atoms with E-state index >= 15 is 0 Å². The van der Waals surface area contributed by atoms with Crippen LogP contribution in [0.4, 0.5) is 13.2 Å². The zero-order chi connectivity index (χ0) is 24.3. The predicted molar refractivity (Wildman–Crippen MR) is 129 cm³/mol. The van der Waals surface area contributed by atoms with E-state index < -0.39 is 23.9 Å². The van der Waals surface area contributed by atoms with Gasteiger partial charge in [0, 0.05) is 12.1 Å². The molecule has 6 heteroatoms. The molecule has 1 unspecified atom stereocenters.